The van der Waals surface area contributed by atoms with Gasteiger partial charge in [0.25, 0.3) is 0 Å². The van der Waals surface area contributed by atoms with Crippen molar-refractivity contribution in [2.45, 2.75) is 38.5 Å². The van der Waals surface area contributed by atoms with Crippen molar-refractivity contribution in [1.29, 1.82) is 0 Å². The number of methoxy groups -OCH3 is 1. The molecular formula is C23H28FIN2O3S. The number of carbonyl (C=O) groups excluding carboxylic acids is 1. The van der Waals surface area contributed by atoms with Crippen LogP contribution in [0.25, 0.3) is 0 Å². The van der Waals surface area contributed by atoms with Gasteiger partial charge in [0, 0.05) is 46.9 Å². The molecule has 1 aliphatic heterocycles. The number of benzene rings is 2. The third-order valence-electron chi connectivity index (χ3n) is 5.37. The van der Waals surface area contributed by atoms with Gasteiger partial charge in [-0.1, -0.05) is 24.3 Å². The maximum atomic E-state index is 13.3. The Balaban J connectivity index is 1.65. The van der Waals surface area contributed by atoms with E-state index in [9.17, 15) is 9.18 Å². The van der Waals surface area contributed by atoms with E-state index in [0.29, 0.717) is 13.0 Å². The standard InChI is InChI=1S/C23H28FIN2O3S/c1-29-22-6-4-5-19(13-22)17-30-23(28)14-21-16-27(31-25)12-3-2-11-26(21)15-18-7-9-20(24)10-8-18/h4-10,13,21H,2-3,11-12,14-17H2,1H3. The van der Waals surface area contributed by atoms with E-state index in [2.05, 4.69) is 30.4 Å². The first kappa shape index (κ1) is 24.3. The van der Waals surface area contributed by atoms with Gasteiger partial charge in [0.15, 0.2) is 0 Å². The van der Waals surface area contributed by atoms with E-state index in [0.717, 1.165) is 49.4 Å². The maximum absolute atomic E-state index is 13.3. The molecule has 1 saturated heterocycles. The summed E-state index contributed by atoms with van der Waals surface area (Å²) in [7, 11) is 3.30. The van der Waals surface area contributed by atoms with Crippen LogP contribution in [-0.4, -0.2) is 48.0 Å². The van der Waals surface area contributed by atoms with Crippen LogP contribution in [0.2, 0.25) is 0 Å². The normalized spacial score (nSPS) is 18.2. The van der Waals surface area contributed by atoms with Gasteiger partial charge in [-0.05, 0) is 63.9 Å². The molecule has 2 aromatic carbocycles. The summed E-state index contributed by atoms with van der Waals surface area (Å²) in [4.78, 5) is 15.1. The van der Waals surface area contributed by atoms with Crippen LogP contribution in [0.1, 0.15) is 30.4 Å². The van der Waals surface area contributed by atoms with Gasteiger partial charge in [-0.2, -0.15) is 0 Å². The summed E-state index contributed by atoms with van der Waals surface area (Å²) in [6, 6.07) is 14.2. The Bertz CT molecular complexity index is 840. The molecule has 1 heterocycles. The van der Waals surface area contributed by atoms with Crippen LogP contribution < -0.4 is 4.74 Å². The number of hydrogen-bond donors (Lipinski definition) is 0. The molecule has 5 nitrogen and oxygen atoms in total. The van der Waals surface area contributed by atoms with Gasteiger partial charge in [-0.25, -0.2) is 8.70 Å². The second kappa shape index (κ2) is 12.6. The van der Waals surface area contributed by atoms with E-state index in [1.807, 2.05) is 36.4 Å². The molecule has 3 rings (SSSR count). The van der Waals surface area contributed by atoms with Crippen LogP contribution in [0.3, 0.4) is 0 Å². The summed E-state index contributed by atoms with van der Waals surface area (Å²) in [5.41, 5.74) is 1.95. The van der Waals surface area contributed by atoms with E-state index < -0.39 is 0 Å². The fraction of sp³-hybridized carbons (Fsp3) is 0.435. The minimum Gasteiger partial charge on any atom is -0.497 e. The average molecular weight is 558 g/mol. The first-order valence-electron chi connectivity index (χ1n) is 10.4. The number of halogens is 2. The minimum atomic E-state index is -0.235. The van der Waals surface area contributed by atoms with Crippen LogP contribution in [0, 0.1) is 5.82 Å². The summed E-state index contributed by atoms with van der Waals surface area (Å²) in [5.74, 6) is 0.297. The third-order valence-corrected chi connectivity index (χ3v) is 7.56. The van der Waals surface area contributed by atoms with Crippen molar-refractivity contribution in [2.75, 3.05) is 26.7 Å². The van der Waals surface area contributed by atoms with Crippen LogP contribution in [0.4, 0.5) is 4.39 Å². The average Bonchev–Trinajstić information content (AvgIpc) is 2.78. The molecule has 0 bridgehead atoms. The van der Waals surface area contributed by atoms with Crippen molar-refractivity contribution >= 4 is 36.3 Å². The molecule has 8 heteroatoms. The van der Waals surface area contributed by atoms with Crippen LogP contribution in [0.5, 0.6) is 5.75 Å². The van der Waals surface area contributed by atoms with Gasteiger partial charge in [-0.15, -0.1) is 0 Å². The Morgan fingerprint density at radius 1 is 1.16 bits per heavy atom. The predicted molar refractivity (Wildman–Crippen MR) is 130 cm³/mol. The Labute approximate surface area is 200 Å². The largest absolute Gasteiger partial charge is 0.497 e. The fourth-order valence-electron chi connectivity index (χ4n) is 3.69. The van der Waals surface area contributed by atoms with Gasteiger partial charge in [0.1, 0.15) is 18.2 Å². The highest BCUT2D eigenvalue weighted by Gasteiger charge is 2.27. The molecule has 31 heavy (non-hydrogen) atoms. The molecule has 0 aliphatic carbocycles. The quantitative estimate of drug-likeness (QED) is 0.251. The lowest BCUT2D eigenvalue weighted by Gasteiger charge is -2.36. The second-order valence-electron chi connectivity index (χ2n) is 7.63. The topological polar surface area (TPSA) is 42.0 Å². The molecule has 2 aromatic rings. The number of esters is 1. The molecule has 0 amide bonds. The molecule has 1 unspecified atom stereocenters. The number of carbonyl (C=O) groups is 1. The van der Waals surface area contributed by atoms with Crippen molar-refractivity contribution in [1.82, 2.24) is 9.21 Å². The lowest BCUT2D eigenvalue weighted by atomic mass is 10.1. The summed E-state index contributed by atoms with van der Waals surface area (Å²) in [6.07, 6.45) is 2.49. The zero-order valence-electron chi connectivity index (χ0n) is 17.6. The van der Waals surface area contributed by atoms with Crippen molar-refractivity contribution < 1.29 is 18.7 Å². The molecule has 0 aromatic heterocycles. The van der Waals surface area contributed by atoms with Gasteiger partial charge < -0.3 is 9.47 Å². The van der Waals surface area contributed by atoms with E-state index in [1.165, 1.54) is 12.1 Å². The Morgan fingerprint density at radius 2 is 1.94 bits per heavy atom. The fourth-order valence-corrected chi connectivity index (χ4v) is 5.19. The lowest BCUT2D eigenvalue weighted by molar-refractivity contribution is -0.146. The summed E-state index contributed by atoms with van der Waals surface area (Å²) >= 11 is 2.30. The Morgan fingerprint density at radius 3 is 2.68 bits per heavy atom. The summed E-state index contributed by atoms with van der Waals surface area (Å²) in [5, 5.41) is 0. The summed E-state index contributed by atoms with van der Waals surface area (Å²) in [6.45, 7) is 3.61. The van der Waals surface area contributed by atoms with Gasteiger partial charge >= 0.3 is 5.97 Å². The number of nitrogens with zero attached hydrogens (tertiary/aromatic N) is 2. The SMILES string of the molecule is COc1cccc(COC(=O)CC2CN(SI)CCCCN2Cc2ccc(F)cc2)c1. The maximum Gasteiger partial charge on any atom is 0.307 e. The van der Waals surface area contributed by atoms with Crippen LogP contribution in [-0.2, 0) is 22.7 Å². The highest BCUT2D eigenvalue weighted by molar-refractivity contribution is 14.2. The highest BCUT2D eigenvalue weighted by Crippen LogP contribution is 2.25. The molecule has 0 spiro atoms. The minimum absolute atomic E-state index is 0.0328. The molecule has 1 aliphatic rings. The Kier molecular flexibility index (Phi) is 9.89. The second-order valence-corrected chi connectivity index (χ2v) is 9.47. The van der Waals surface area contributed by atoms with E-state index >= 15 is 0 Å². The van der Waals surface area contributed by atoms with Crippen LogP contribution >= 0.6 is 30.3 Å². The first-order valence-corrected chi connectivity index (χ1v) is 13.7. The van der Waals surface area contributed by atoms with Gasteiger partial charge in [-0.3, -0.25) is 9.69 Å². The molecule has 1 atom stereocenters. The molecule has 1 fully saturated rings. The smallest absolute Gasteiger partial charge is 0.307 e. The van der Waals surface area contributed by atoms with Crippen molar-refractivity contribution in [3.8, 4) is 5.75 Å². The van der Waals surface area contributed by atoms with E-state index in [4.69, 9.17) is 9.47 Å². The lowest BCUT2D eigenvalue weighted by Crippen LogP contribution is -2.45. The predicted octanol–water partition coefficient (Wildman–Crippen LogP) is 5.23. The Hall–Kier alpha value is -1.36. The molecular weight excluding hydrogens is 530 g/mol. The number of hydrogen-bond acceptors (Lipinski definition) is 6. The first-order chi connectivity index (χ1) is 15.1. The van der Waals surface area contributed by atoms with Crippen LogP contribution in [0.15, 0.2) is 48.5 Å². The molecule has 168 valence electrons. The number of rotatable bonds is 8. The van der Waals surface area contributed by atoms with Crippen molar-refractivity contribution in [3.63, 3.8) is 0 Å². The van der Waals surface area contributed by atoms with Crippen molar-refractivity contribution in [3.05, 3.63) is 65.5 Å². The third kappa shape index (κ3) is 7.93. The molecule has 0 saturated carbocycles. The van der Waals surface area contributed by atoms with Crippen molar-refractivity contribution in [2.24, 2.45) is 0 Å². The van der Waals surface area contributed by atoms with E-state index in [-0.39, 0.29) is 24.4 Å². The molecule has 0 N–H and O–H groups in total. The zero-order valence-corrected chi connectivity index (χ0v) is 20.6. The van der Waals surface area contributed by atoms with Gasteiger partial charge in [0.2, 0.25) is 0 Å². The number of ether oxygens (including phenoxy) is 2. The summed E-state index contributed by atoms with van der Waals surface area (Å²) < 4.78 is 26.4. The zero-order chi connectivity index (χ0) is 22.1. The monoisotopic (exact) mass is 558 g/mol. The molecule has 0 radical (unpaired) electrons. The van der Waals surface area contributed by atoms with Gasteiger partial charge in [0.05, 0.1) is 13.5 Å². The van der Waals surface area contributed by atoms with E-state index in [1.54, 1.807) is 16.2 Å². The highest BCUT2D eigenvalue weighted by atomic mass is 127.